The summed E-state index contributed by atoms with van der Waals surface area (Å²) in [7, 11) is 0. The maximum absolute atomic E-state index is 12.5. The van der Waals surface area contributed by atoms with E-state index in [0.717, 1.165) is 11.4 Å². The third-order valence-electron chi connectivity index (χ3n) is 3.71. The second-order valence-corrected chi connectivity index (χ2v) is 7.12. The summed E-state index contributed by atoms with van der Waals surface area (Å²) in [6.45, 7) is 5.45. The Balaban J connectivity index is 1.90. The fourth-order valence-corrected chi connectivity index (χ4v) is 3.32. The summed E-state index contributed by atoms with van der Waals surface area (Å²) < 4.78 is 1.91. The first-order valence-electron chi connectivity index (χ1n) is 7.47. The summed E-state index contributed by atoms with van der Waals surface area (Å²) in [5.41, 5.74) is 2.76. The number of ketones is 1. The summed E-state index contributed by atoms with van der Waals surface area (Å²) in [5, 5.41) is 11.8. The Bertz CT molecular complexity index is 960. The number of Topliss-reactive ketones (excluding diaryl/α,β-unsaturated/α-hetero) is 1. The van der Waals surface area contributed by atoms with Crippen LogP contribution < -0.4 is 5.32 Å². The van der Waals surface area contributed by atoms with E-state index < -0.39 is 11.7 Å². The van der Waals surface area contributed by atoms with Crippen molar-refractivity contribution in [2.45, 2.75) is 20.8 Å². The molecule has 1 amide bonds. The molecule has 0 radical (unpaired) electrons. The molecule has 3 rings (SSSR count). The van der Waals surface area contributed by atoms with Crippen LogP contribution in [0, 0.1) is 20.8 Å². The number of aryl methyl sites for hydroxylation is 2. The number of hydrogen-bond acceptors (Lipinski definition) is 5. The van der Waals surface area contributed by atoms with Gasteiger partial charge in [-0.05, 0) is 51.1 Å². The third kappa shape index (κ3) is 3.47. The Labute approximate surface area is 153 Å². The number of aromatic nitrogens is 3. The standard InChI is InChI=1S/C17H15ClN4O2S/c1-9-8-14(10(2)22(9)13-6-4-12(18)5-7-13)15(23)16(24)19-17-21-20-11(3)25-17/h4-8H,1-3H3,(H,19,21,24). The van der Waals surface area contributed by atoms with Crippen LogP contribution in [0.3, 0.4) is 0 Å². The van der Waals surface area contributed by atoms with Crippen LogP contribution in [0.1, 0.15) is 26.8 Å². The summed E-state index contributed by atoms with van der Waals surface area (Å²) in [6.07, 6.45) is 0. The summed E-state index contributed by atoms with van der Waals surface area (Å²) >= 11 is 7.14. The molecule has 0 unspecified atom stereocenters. The molecule has 0 aliphatic rings. The van der Waals surface area contributed by atoms with E-state index in [2.05, 4.69) is 15.5 Å². The number of hydrogen-bond donors (Lipinski definition) is 1. The van der Waals surface area contributed by atoms with Crippen molar-refractivity contribution in [1.82, 2.24) is 14.8 Å². The molecule has 0 spiro atoms. The van der Waals surface area contributed by atoms with Gasteiger partial charge in [0.2, 0.25) is 5.13 Å². The third-order valence-corrected chi connectivity index (χ3v) is 4.72. The first-order valence-corrected chi connectivity index (χ1v) is 8.67. The van der Waals surface area contributed by atoms with E-state index in [1.807, 2.05) is 23.6 Å². The minimum Gasteiger partial charge on any atom is -0.318 e. The molecule has 8 heteroatoms. The molecule has 0 saturated carbocycles. The minimum atomic E-state index is -0.729. The fraction of sp³-hybridized carbons (Fsp3) is 0.176. The Morgan fingerprint density at radius 1 is 1.12 bits per heavy atom. The lowest BCUT2D eigenvalue weighted by atomic mass is 10.1. The van der Waals surface area contributed by atoms with Crippen LogP contribution in [0.2, 0.25) is 5.02 Å². The zero-order valence-electron chi connectivity index (χ0n) is 13.8. The molecule has 0 saturated heterocycles. The number of carbonyl (C=O) groups is 2. The van der Waals surface area contributed by atoms with Gasteiger partial charge in [-0.1, -0.05) is 22.9 Å². The largest absolute Gasteiger partial charge is 0.318 e. The number of rotatable bonds is 4. The minimum absolute atomic E-state index is 0.308. The van der Waals surface area contributed by atoms with Crippen molar-refractivity contribution in [3.63, 3.8) is 0 Å². The van der Waals surface area contributed by atoms with Gasteiger partial charge in [0.25, 0.3) is 11.7 Å². The lowest BCUT2D eigenvalue weighted by molar-refractivity contribution is -0.112. The number of carbonyl (C=O) groups excluding carboxylic acids is 2. The highest BCUT2D eigenvalue weighted by Crippen LogP contribution is 2.23. The lowest BCUT2D eigenvalue weighted by Crippen LogP contribution is -2.23. The topological polar surface area (TPSA) is 76.9 Å². The molecule has 1 aromatic carbocycles. The zero-order chi connectivity index (χ0) is 18.1. The Morgan fingerprint density at radius 3 is 2.40 bits per heavy atom. The Morgan fingerprint density at radius 2 is 1.80 bits per heavy atom. The Hall–Kier alpha value is -2.51. The molecule has 6 nitrogen and oxygen atoms in total. The first kappa shape index (κ1) is 17.3. The Kier molecular flexibility index (Phi) is 4.69. The van der Waals surface area contributed by atoms with Gasteiger partial charge >= 0.3 is 0 Å². The van der Waals surface area contributed by atoms with Gasteiger partial charge in [0, 0.05) is 27.7 Å². The monoisotopic (exact) mass is 374 g/mol. The zero-order valence-corrected chi connectivity index (χ0v) is 15.4. The fourth-order valence-electron chi connectivity index (χ4n) is 2.60. The number of nitrogens with one attached hydrogen (secondary N) is 1. The number of nitrogens with zero attached hydrogens (tertiary/aromatic N) is 3. The number of benzene rings is 1. The molecule has 1 N–H and O–H groups in total. The van der Waals surface area contributed by atoms with Crippen molar-refractivity contribution >= 4 is 39.8 Å². The van der Waals surface area contributed by atoms with Crippen LogP contribution in [0.25, 0.3) is 5.69 Å². The molecule has 0 atom stereocenters. The van der Waals surface area contributed by atoms with Crippen molar-refractivity contribution in [2.75, 3.05) is 5.32 Å². The number of anilines is 1. The molecule has 0 aliphatic carbocycles. The SMILES string of the molecule is Cc1nnc(NC(=O)C(=O)c2cc(C)n(-c3ccc(Cl)cc3)c2C)s1. The van der Waals surface area contributed by atoms with Crippen LogP contribution >= 0.6 is 22.9 Å². The van der Waals surface area contributed by atoms with Crippen LogP contribution in [-0.4, -0.2) is 26.5 Å². The van der Waals surface area contributed by atoms with E-state index in [0.29, 0.717) is 26.4 Å². The van der Waals surface area contributed by atoms with Crippen LogP contribution in [0.15, 0.2) is 30.3 Å². The molecule has 25 heavy (non-hydrogen) atoms. The maximum atomic E-state index is 12.5. The molecule has 0 fully saturated rings. The van der Waals surface area contributed by atoms with Crippen LogP contribution in [-0.2, 0) is 4.79 Å². The summed E-state index contributed by atoms with van der Waals surface area (Å²) in [4.78, 5) is 24.8. The molecule has 2 heterocycles. The van der Waals surface area contributed by atoms with Gasteiger partial charge in [0.1, 0.15) is 5.01 Å². The van der Waals surface area contributed by atoms with Gasteiger partial charge in [0.05, 0.1) is 0 Å². The van der Waals surface area contributed by atoms with Gasteiger partial charge in [0.15, 0.2) is 0 Å². The van der Waals surface area contributed by atoms with Gasteiger partial charge in [-0.2, -0.15) is 0 Å². The van der Waals surface area contributed by atoms with E-state index in [1.165, 1.54) is 11.3 Å². The first-order chi connectivity index (χ1) is 11.9. The highest BCUT2D eigenvalue weighted by molar-refractivity contribution is 7.15. The van der Waals surface area contributed by atoms with Crippen molar-refractivity contribution in [3.8, 4) is 5.69 Å². The molecule has 0 bridgehead atoms. The van der Waals surface area contributed by atoms with Crippen LogP contribution in [0.4, 0.5) is 5.13 Å². The molecule has 2 aromatic heterocycles. The normalized spacial score (nSPS) is 10.7. The van der Waals surface area contributed by atoms with Gasteiger partial charge in [-0.15, -0.1) is 10.2 Å². The molecular formula is C17H15ClN4O2S. The van der Waals surface area contributed by atoms with Crippen LogP contribution in [0.5, 0.6) is 0 Å². The van der Waals surface area contributed by atoms with Gasteiger partial charge in [-0.25, -0.2) is 0 Å². The number of halogens is 1. The lowest BCUT2D eigenvalue weighted by Gasteiger charge is -2.09. The molecule has 0 aliphatic heterocycles. The van der Waals surface area contributed by atoms with Gasteiger partial charge in [-0.3, -0.25) is 14.9 Å². The molecular weight excluding hydrogens is 360 g/mol. The highest BCUT2D eigenvalue weighted by atomic mass is 35.5. The predicted octanol–water partition coefficient (Wildman–Crippen LogP) is 3.73. The van der Waals surface area contributed by atoms with Crippen molar-refractivity contribution in [3.05, 3.63) is 57.3 Å². The molecule has 128 valence electrons. The second-order valence-electron chi connectivity index (χ2n) is 5.51. The van der Waals surface area contributed by atoms with Crippen molar-refractivity contribution in [1.29, 1.82) is 0 Å². The summed E-state index contributed by atoms with van der Waals surface area (Å²) in [6, 6.07) is 8.99. The average molecular weight is 375 g/mol. The summed E-state index contributed by atoms with van der Waals surface area (Å²) in [5.74, 6) is -1.34. The second kappa shape index (κ2) is 6.78. The smallest absolute Gasteiger partial charge is 0.298 e. The van der Waals surface area contributed by atoms with E-state index in [4.69, 9.17) is 11.6 Å². The van der Waals surface area contributed by atoms with Crippen molar-refractivity contribution in [2.24, 2.45) is 0 Å². The van der Waals surface area contributed by atoms with E-state index in [1.54, 1.807) is 32.0 Å². The van der Waals surface area contributed by atoms with E-state index in [-0.39, 0.29) is 0 Å². The van der Waals surface area contributed by atoms with E-state index in [9.17, 15) is 9.59 Å². The molecule has 3 aromatic rings. The van der Waals surface area contributed by atoms with Crippen molar-refractivity contribution < 1.29 is 9.59 Å². The average Bonchev–Trinajstić information content (AvgIpc) is 3.11. The predicted molar refractivity (Wildman–Crippen MR) is 97.9 cm³/mol. The van der Waals surface area contributed by atoms with Gasteiger partial charge < -0.3 is 4.57 Å². The highest BCUT2D eigenvalue weighted by Gasteiger charge is 2.23. The maximum Gasteiger partial charge on any atom is 0.298 e. The quantitative estimate of drug-likeness (QED) is 0.557. The number of amides is 1. The van der Waals surface area contributed by atoms with E-state index >= 15 is 0 Å².